The molecule has 0 fully saturated rings. The van der Waals surface area contributed by atoms with Crippen LogP contribution in [-0.4, -0.2) is 53.5 Å². The van der Waals surface area contributed by atoms with Crippen molar-refractivity contribution < 1.29 is 24.3 Å². The lowest BCUT2D eigenvalue weighted by Gasteiger charge is -2.27. The molecule has 3 amide bonds. The molecule has 162 valence electrons. The normalized spacial score (nSPS) is 14.5. The van der Waals surface area contributed by atoms with Gasteiger partial charge in [-0.05, 0) is 30.6 Å². The lowest BCUT2D eigenvalue weighted by molar-refractivity contribution is -0.143. The van der Waals surface area contributed by atoms with E-state index in [2.05, 4.69) is 16.0 Å². The average Bonchev–Trinajstić information content (AvgIpc) is 2.56. The van der Waals surface area contributed by atoms with E-state index in [-0.39, 0.29) is 30.7 Å². The molecule has 9 nitrogen and oxygen atoms in total. The molecule has 3 atom stereocenters. The molecule has 6 N–H and O–H groups in total. The molecule has 0 radical (unpaired) electrons. The van der Waals surface area contributed by atoms with Gasteiger partial charge in [0.25, 0.3) is 0 Å². The van der Waals surface area contributed by atoms with Crippen molar-refractivity contribution in [3.63, 3.8) is 0 Å². The molecule has 9 heteroatoms. The van der Waals surface area contributed by atoms with E-state index in [1.165, 1.54) is 0 Å². The number of carbonyl (C=O) groups is 4. The van der Waals surface area contributed by atoms with E-state index in [0.29, 0.717) is 6.42 Å². The Morgan fingerprint density at radius 1 is 0.786 bits per heavy atom. The van der Waals surface area contributed by atoms with Crippen LogP contribution in [0.15, 0.2) is 0 Å². The number of hydrogen-bond acceptors (Lipinski definition) is 5. The highest BCUT2D eigenvalue weighted by atomic mass is 16.4. The molecule has 0 aliphatic heterocycles. The highest BCUT2D eigenvalue weighted by Gasteiger charge is 2.31. The van der Waals surface area contributed by atoms with Crippen LogP contribution in [-0.2, 0) is 19.2 Å². The molecule has 3 unspecified atom stereocenters. The van der Waals surface area contributed by atoms with Gasteiger partial charge in [-0.15, -0.1) is 0 Å². The number of rotatable bonds is 12. The zero-order valence-corrected chi connectivity index (χ0v) is 17.7. The molecule has 0 aromatic heterocycles. The Kier molecular flexibility index (Phi) is 11.4. The Bertz CT molecular complexity index is 548. The third-order valence-electron chi connectivity index (χ3n) is 4.11. The Labute approximate surface area is 167 Å². The molecular weight excluding hydrogens is 364 g/mol. The maximum atomic E-state index is 12.7. The number of aliphatic carboxylic acids is 1. The molecule has 0 heterocycles. The van der Waals surface area contributed by atoms with Crippen molar-refractivity contribution in [1.29, 1.82) is 0 Å². The minimum Gasteiger partial charge on any atom is -0.480 e. The molecule has 0 saturated carbocycles. The van der Waals surface area contributed by atoms with Crippen LogP contribution in [0.4, 0.5) is 0 Å². The van der Waals surface area contributed by atoms with Gasteiger partial charge in [0, 0.05) is 0 Å². The second-order valence-corrected chi connectivity index (χ2v) is 8.21. The van der Waals surface area contributed by atoms with E-state index in [1.807, 2.05) is 27.7 Å². The second-order valence-electron chi connectivity index (χ2n) is 8.21. The molecule has 0 bridgehead atoms. The Morgan fingerprint density at radius 2 is 1.29 bits per heavy atom. The molecule has 0 saturated heterocycles. The van der Waals surface area contributed by atoms with Crippen molar-refractivity contribution in [2.24, 2.45) is 23.5 Å². The summed E-state index contributed by atoms with van der Waals surface area (Å²) < 4.78 is 0. The minimum atomic E-state index is -1.12. The first-order valence-corrected chi connectivity index (χ1v) is 9.71. The average molecular weight is 401 g/mol. The van der Waals surface area contributed by atoms with Gasteiger partial charge in [0.2, 0.25) is 17.7 Å². The number of hydrogen-bond donors (Lipinski definition) is 5. The summed E-state index contributed by atoms with van der Waals surface area (Å²) in [6.07, 6.45) is 0.664. The summed E-state index contributed by atoms with van der Waals surface area (Å²) in [5.74, 6) is -2.72. The lowest BCUT2D eigenvalue weighted by atomic mass is 9.98. The maximum Gasteiger partial charge on any atom is 0.326 e. The van der Waals surface area contributed by atoms with Gasteiger partial charge in [0.05, 0.1) is 6.54 Å². The van der Waals surface area contributed by atoms with E-state index in [0.717, 1.165) is 0 Å². The molecule has 0 aliphatic carbocycles. The molecule has 0 aliphatic rings. The quantitative estimate of drug-likeness (QED) is 0.316. The monoisotopic (exact) mass is 400 g/mol. The fourth-order valence-corrected chi connectivity index (χ4v) is 2.70. The summed E-state index contributed by atoms with van der Waals surface area (Å²) in [6.45, 7) is 10.8. The highest BCUT2D eigenvalue weighted by Crippen LogP contribution is 2.10. The van der Waals surface area contributed by atoms with Gasteiger partial charge in [0.15, 0.2) is 0 Å². The smallest absolute Gasteiger partial charge is 0.326 e. The number of nitrogens with two attached hydrogens (primary N) is 1. The van der Waals surface area contributed by atoms with Gasteiger partial charge in [-0.1, -0.05) is 41.5 Å². The summed E-state index contributed by atoms with van der Waals surface area (Å²) in [5, 5.41) is 17.0. The van der Waals surface area contributed by atoms with Crippen molar-refractivity contribution >= 4 is 23.7 Å². The van der Waals surface area contributed by atoms with E-state index >= 15 is 0 Å². The SMILES string of the molecule is CC(C)CC(NC(=O)C(NC(=O)C(CC(C)C)NC(=O)CN)C(C)C)C(=O)O. The number of amides is 3. The second kappa shape index (κ2) is 12.3. The molecule has 0 aromatic carbocycles. The van der Waals surface area contributed by atoms with Crippen molar-refractivity contribution in [2.75, 3.05) is 6.54 Å². The van der Waals surface area contributed by atoms with Crippen LogP contribution in [0, 0.1) is 17.8 Å². The van der Waals surface area contributed by atoms with Crippen LogP contribution in [0.1, 0.15) is 54.4 Å². The predicted octanol–water partition coefficient (Wildman–Crippen LogP) is 0.232. The Hall–Kier alpha value is -2.16. The first kappa shape index (κ1) is 25.8. The largest absolute Gasteiger partial charge is 0.480 e. The van der Waals surface area contributed by atoms with E-state index in [9.17, 15) is 24.3 Å². The Balaban J connectivity index is 5.27. The molecular formula is C19H36N4O5. The minimum absolute atomic E-state index is 0.0791. The van der Waals surface area contributed by atoms with E-state index in [4.69, 9.17) is 5.73 Å². The van der Waals surface area contributed by atoms with Crippen molar-refractivity contribution in [2.45, 2.75) is 72.5 Å². The van der Waals surface area contributed by atoms with E-state index in [1.54, 1.807) is 13.8 Å². The molecule has 0 spiro atoms. The van der Waals surface area contributed by atoms with Gasteiger partial charge in [-0.2, -0.15) is 0 Å². The number of carboxylic acids is 1. The maximum absolute atomic E-state index is 12.7. The molecule has 0 aromatic rings. The van der Waals surface area contributed by atoms with Gasteiger partial charge in [0.1, 0.15) is 18.1 Å². The molecule has 28 heavy (non-hydrogen) atoms. The van der Waals surface area contributed by atoms with Crippen LogP contribution < -0.4 is 21.7 Å². The van der Waals surface area contributed by atoms with Gasteiger partial charge in [-0.3, -0.25) is 14.4 Å². The predicted molar refractivity (Wildman–Crippen MR) is 106 cm³/mol. The third kappa shape index (κ3) is 9.68. The standard InChI is InChI=1S/C19H36N4O5/c1-10(2)7-13(21-15(24)9-20)17(25)23-16(12(5)6)18(26)22-14(19(27)28)8-11(3)4/h10-14,16H,7-9,20H2,1-6H3,(H,21,24)(H,22,26)(H,23,25)(H,27,28). The van der Waals surface area contributed by atoms with Crippen LogP contribution in [0.25, 0.3) is 0 Å². The van der Waals surface area contributed by atoms with Gasteiger partial charge >= 0.3 is 5.97 Å². The lowest BCUT2D eigenvalue weighted by Crippen LogP contribution is -2.58. The van der Waals surface area contributed by atoms with Crippen LogP contribution >= 0.6 is 0 Å². The Morgan fingerprint density at radius 3 is 1.68 bits per heavy atom. The van der Waals surface area contributed by atoms with Crippen molar-refractivity contribution in [3.05, 3.63) is 0 Å². The fourth-order valence-electron chi connectivity index (χ4n) is 2.70. The summed E-state index contributed by atoms with van der Waals surface area (Å²) in [6, 6.07) is -2.78. The zero-order chi connectivity index (χ0) is 22.0. The number of carboxylic acid groups (broad SMARTS) is 1. The third-order valence-corrected chi connectivity index (χ3v) is 4.11. The first-order valence-electron chi connectivity index (χ1n) is 9.71. The van der Waals surface area contributed by atoms with Gasteiger partial charge in [-0.25, -0.2) is 4.79 Å². The number of carbonyl (C=O) groups excluding carboxylic acids is 3. The summed E-state index contributed by atoms with van der Waals surface area (Å²) >= 11 is 0. The molecule has 0 rings (SSSR count). The fraction of sp³-hybridized carbons (Fsp3) is 0.789. The van der Waals surface area contributed by atoms with Gasteiger partial charge < -0.3 is 26.8 Å². The summed E-state index contributed by atoms with van der Waals surface area (Å²) in [7, 11) is 0. The zero-order valence-electron chi connectivity index (χ0n) is 17.7. The van der Waals surface area contributed by atoms with E-state index < -0.39 is 41.8 Å². The van der Waals surface area contributed by atoms with Crippen molar-refractivity contribution in [3.8, 4) is 0 Å². The van der Waals surface area contributed by atoms with Crippen molar-refractivity contribution in [1.82, 2.24) is 16.0 Å². The first-order chi connectivity index (χ1) is 12.9. The highest BCUT2D eigenvalue weighted by molar-refractivity contribution is 5.93. The van der Waals surface area contributed by atoms with Crippen LogP contribution in [0.3, 0.4) is 0 Å². The summed E-state index contributed by atoms with van der Waals surface area (Å²) in [4.78, 5) is 48.4. The van der Waals surface area contributed by atoms with Crippen LogP contribution in [0.5, 0.6) is 0 Å². The van der Waals surface area contributed by atoms with Crippen LogP contribution in [0.2, 0.25) is 0 Å². The topological polar surface area (TPSA) is 151 Å². The summed E-state index contributed by atoms with van der Waals surface area (Å²) in [5.41, 5.74) is 5.31. The number of nitrogens with one attached hydrogen (secondary N) is 3.